The van der Waals surface area contributed by atoms with Crippen LogP contribution in [0.5, 0.6) is 0 Å². The van der Waals surface area contributed by atoms with Gasteiger partial charge in [-0.3, -0.25) is 14.7 Å². The third-order valence-corrected chi connectivity index (χ3v) is 4.08. The number of halogens is 2. The topological polar surface area (TPSA) is 72.1 Å². The minimum atomic E-state index is -2.88. The summed E-state index contributed by atoms with van der Waals surface area (Å²) in [7, 11) is 1.44. The summed E-state index contributed by atoms with van der Waals surface area (Å²) in [5.74, 6) is -0.677. The zero-order chi connectivity index (χ0) is 17.6. The molecule has 2 heterocycles. The molecule has 0 bridgehead atoms. The van der Waals surface area contributed by atoms with E-state index in [1.54, 1.807) is 18.2 Å². The molecule has 0 unspecified atom stereocenters. The molecular formula is C17H14F2N4O2. The minimum Gasteiger partial charge on any atom is -0.435 e. The van der Waals surface area contributed by atoms with Crippen LogP contribution in [0.1, 0.15) is 47.3 Å². The maximum absolute atomic E-state index is 13.2. The van der Waals surface area contributed by atoms with Gasteiger partial charge in [-0.25, -0.2) is 18.7 Å². The molecule has 1 aromatic carbocycles. The molecular weight excluding hydrogens is 330 g/mol. The highest BCUT2D eigenvalue weighted by molar-refractivity contribution is 6.04. The van der Waals surface area contributed by atoms with Crippen LogP contribution >= 0.6 is 0 Å². The first-order chi connectivity index (χ1) is 12.0. The highest BCUT2D eigenvalue weighted by Crippen LogP contribution is 2.41. The second kappa shape index (κ2) is 5.87. The number of hydrogen-bond acceptors (Lipinski definition) is 5. The number of oxazole rings is 1. The van der Waals surface area contributed by atoms with Gasteiger partial charge in [0.25, 0.3) is 12.3 Å². The standard InChI is InChI=1S/C17H14F2N4O2/c1-23(12-8-20-10-4-2-3-5-11(10)21-12)17(24)14-13(15(18)19)22-16(25-14)9-6-7-9/h2-5,8-9,15H,6-7H2,1H3. The smallest absolute Gasteiger partial charge is 0.297 e. The number of hydrogen-bond donors (Lipinski definition) is 0. The molecule has 2 aromatic heterocycles. The third-order valence-electron chi connectivity index (χ3n) is 4.08. The number of amides is 1. The lowest BCUT2D eigenvalue weighted by molar-refractivity contribution is 0.0945. The fraction of sp³-hybridized carbons (Fsp3) is 0.294. The van der Waals surface area contributed by atoms with E-state index < -0.39 is 23.8 Å². The van der Waals surface area contributed by atoms with Gasteiger partial charge in [0.15, 0.2) is 17.4 Å². The number of benzene rings is 1. The molecule has 8 heteroatoms. The van der Waals surface area contributed by atoms with Crippen LogP contribution in [0.2, 0.25) is 0 Å². The molecule has 6 nitrogen and oxygen atoms in total. The quantitative estimate of drug-likeness (QED) is 0.721. The Morgan fingerprint density at radius 3 is 2.64 bits per heavy atom. The molecule has 0 aliphatic heterocycles. The fourth-order valence-corrected chi connectivity index (χ4v) is 2.52. The van der Waals surface area contributed by atoms with Crippen molar-refractivity contribution >= 4 is 22.8 Å². The number of carbonyl (C=O) groups excluding carboxylic acids is 1. The van der Waals surface area contributed by atoms with Gasteiger partial charge in [0.2, 0.25) is 5.76 Å². The second-order valence-electron chi connectivity index (χ2n) is 5.92. The molecule has 3 aromatic rings. The Morgan fingerprint density at radius 2 is 1.96 bits per heavy atom. The summed E-state index contributed by atoms with van der Waals surface area (Å²) in [5, 5.41) is 0. The predicted molar refractivity (Wildman–Crippen MR) is 85.7 cm³/mol. The zero-order valence-electron chi connectivity index (χ0n) is 13.3. The zero-order valence-corrected chi connectivity index (χ0v) is 13.3. The molecule has 1 amide bonds. The van der Waals surface area contributed by atoms with E-state index in [1.165, 1.54) is 13.2 Å². The Hall–Kier alpha value is -2.90. The van der Waals surface area contributed by atoms with Gasteiger partial charge in [0, 0.05) is 13.0 Å². The van der Waals surface area contributed by atoms with Gasteiger partial charge in [-0.1, -0.05) is 12.1 Å². The average molecular weight is 344 g/mol. The molecule has 1 aliphatic carbocycles. The monoisotopic (exact) mass is 344 g/mol. The van der Waals surface area contributed by atoms with Crippen molar-refractivity contribution in [1.29, 1.82) is 0 Å². The van der Waals surface area contributed by atoms with Crippen molar-refractivity contribution in [2.45, 2.75) is 25.2 Å². The SMILES string of the molecule is CN(C(=O)c1oc(C2CC2)nc1C(F)F)c1cnc2ccccc2n1. The van der Waals surface area contributed by atoms with Gasteiger partial charge in [0.1, 0.15) is 0 Å². The number of para-hydroxylation sites is 2. The van der Waals surface area contributed by atoms with E-state index in [2.05, 4.69) is 15.0 Å². The van der Waals surface area contributed by atoms with E-state index in [4.69, 9.17) is 4.42 Å². The maximum atomic E-state index is 13.2. The van der Waals surface area contributed by atoms with Crippen LogP contribution in [0.25, 0.3) is 11.0 Å². The van der Waals surface area contributed by atoms with Crippen molar-refractivity contribution in [1.82, 2.24) is 15.0 Å². The average Bonchev–Trinajstić information content (AvgIpc) is 3.38. The minimum absolute atomic E-state index is 0.0322. The highest BCUT2D eigenvalue weighted by atomic mass is 19.3. The van der Waals surface area contributed by atoms with Gasteiger partial charge in [0.05, 0.1) is 17.2 Å². The number of alkyl halides is 2. The van der Waals surface area contributed by atoms with E-state index in [-0.39, 0.29) is 17.6 Å². The van der Waals surface area contributed by atoms with Crippen molar-refractivity contribution < 1.29 is 18.0 Å². The third kappa shape index (κ3) is 2.84. The van der Waals surface area contributed by atoms with Crippen molar-refractivity contribution in [3.8, 4) is 0 Å². The lowest BCUT2D eigenvalue weighted by Gasteiger charge is -2.15. The van der Waals surface area contributed by atoms with Crippen LogP contribution in [-0.2, 0) is 0 Å². The molecule has 1 aliphatic rings. The molecule has 25 heavy (non-hydrogen) atoms. The van der Waals surface area contributed by atoms with Crippen LogP contribution in [0, 0.1) is 0 Å². The second-order valence-corrected chi connectivity index (χ2v) is 5.92. The van der Waals surface area contributed by atoms with E-state index in [1.807, 2.05) is 6.07 Å². The van der Waals surface area contributed by atoms with Gasteiger partial charge < -0.3 is 4.42 Å². The number of carbonyl (C=O) groups is 1. The lowest BCUT2D eigenvalue weighted by atomic mass is 10.3. The Kier molecular flexibility index (Phi) is 3.67. The predicted octanol–water partition coefficient (Wildman–Crippen LogP) is 3.71. The summed E-state index contributed by atoms with van der Waals surface area (Å²) in [6.07, 6.45) is 0.206. The van der Waals surface area contributed by atoms with Crippen LogP contribution in [0.4, 0.5) is 14.6 Å². The Bertz CT molecular complexity index is 953. The van der Waals surface area contributed by atoms with E-state index in [0.717, 1.165) is 17.7 Å². The fourth-order valence-electron chi connectivity index (χ4n) is 2.52. The van der Waals surface area contributed by atoms with E-state index in [9.17, 15) is 13.6 Å². The lowest BCUT2D eigenvalue weighted by Crippen LogP contribution is -2.27. The summed E-state index contributed by atoms with van der Waals surface area (Å²) in [5.41, 5.74) is 0.661. The van der Waals surface area contributed by atoms with Gasteiger partial charge in [-0.15, -0.1) is 0 Å². The molecule has 1 saturated carbocycles. The molecule has 0 spiro atoms. The largest absolute Gasteiger partial charge is 0.435 e. The van der Waals surface area contributed by atoms with Gasteiger partial charge >= 0.3 is 0 Å². The highest BCUT2D eigenvalue weighted by Gasteiger charge is 2.35. The van der Waals surface area contributed by atoms with Gasteiger partial charge in [-0.05, 0) is 25.0 Å². The summed E-state index contributed by atoms with van der Waals surface area (Å²) >= 11 is 0. The van der Waals surface area contributed by atoms with Crippen LogP contribution in [-0.4, -0.2) is 27.9 Å². The molecule has 1 fully saturated rings. The molecule has 0 atom stereocenters. The van der Waals surface area contributed by atoms with Crippen LogP contribution < -0.4 is 4.90 Å². The Labute approximate surface area is 141 Å². The summed E-state index contributed by atoms with van der Waals surface area (Å²) < 4.78 is 31.8. The van der Waals surface area contributed by atoms with Crippen LogP contribution in [0.3, 0.4) is 0 Å². The number of fused-ring (bicyclic) bond motifs is 1. The Morgan fingerprint density at radius 1 is 1.24 bits per heavy atom. The number of nitrogens with zero attached hydrogens (tertiary/aromatic N) is 4. The van der Waals surface area contributed by atoms with Crippen LogP contribution in [0.15, 0.2) is 34.9 Å². The van der Waals surface area contributed by atoms with Gasteiger partial charge in [-0.2, -0.15) is 0 Å². The molecule has 0 N–H and O–H groups in total. The van der Waals surface area contributed by atoms with E-state index in [0.29, 0.717) is 11.0 Å². The first kappa shape index (κ1) is 15.6. The normalized spacial score (nSPS) is 14.2. The summed E-state index contributed by atoms with van der Waals surface area (Å²) in [6.45, 7) is 0. The van der Waals surface area contributed by atoms with Crippen molar-refractivity contribution in [2.75, 3.05) is 11.9 Å². The van der Waals surface area contributed by atoms with E-state index >= 15 is 0 Å². The maximum Gasteiger partial charge on any atom is 0.297 e. The van der Waals surface area contributed by atoms with Crippen molar-refractivity contribution in [2.24, 2.45) is 0 Å². The summed E-state index contributed by atoms with van der Waals surface area (Å²) in [6, 6.07) is 7.18. The number of anilines is 1. The number of aromatic nitrogens is 3. The van der Waals surface area contributed by atoms with Crippen molar-refractivity contribution in [3.63, 3.8) is 0 Å². The first-order valence-corrected chi connectivity index (χ1v) is 7.83. The number of rotatable bonds is 4. The molecule has 128 valence electrons. The summed E-state index contributed by atoms with van der Waals surface area (Å²) in [4.78, 5) is 26.2. The molecule has 0 radical (unpaired) electrons. The Balaban J connectivity index is 1.69. The van der Waals surface area contributed by atoms with Crippen molar-refractivity contribution in [3.05, 3.63) is 47.8 Å². The molecule has 0 saturated heterocycles. The first-order valence-electron chi connectivity index (χ1n) is 7.83. The molecule has 4 rings (SSSR count).